The summed E-state index contributed by atoms with van der Waals surface area (Å²) in [6.07, 6.45) is 2.79. The Labute approximate surface area is 186 Å². The number of benzene rings is 1. The van der Waals surface area contributed by atoms with Crippen LogP contribution in [-0.4, -0.2) is 81.2 Å². The smallest absolute Gasteiger partial charge is 0.290 e. The quantitative estimate of drug-likeness (QED) is 0.469. The predicted molar refractivity (Wildman–Crippen MR) is 113 cm³/mol. The molecule has 0 radical (unpaired) electrons. The highest BCUT2D eigenvalue weighted by atomic mass is 19.1. The molecule has 0 bridgehead atoms. The van der Waals surface area contributed by atoms with Crippen molar-refractivity contribution in [2.24, 2.45) is 0 Å². The van der Waals surface area contributed by atoms with E-state index in [9.17, 15) is 14.3 Å². The van der Waals surface area contributed by atoms with Gasteiger partial charge in [0.15, 0.2) is 0 Å². The van der Waals surface area contributed by atoms with E-state index < -0.39 is 5.60 Å². The third-order valence-corrected chi connectivity index (χ3v) is 5.32. The minimum Gasteiger partial charge on any atom is -0.483 e. The number of carbonyl (C=O) groups excluding carboxylic acids is 1. The number of likely N-dealkylation sites (tertiary alicyclic amines) is 1. The molecule has 2 heterocycles. The van der Waals surface area contributed by atoms with Crippen LogP contribution in [0.1, 0.15) is 24.2 Å². The summed E-state index contributed by atoms with van der Waals surface area (Å²) in [5.41, 5.74) is -0.768. The van der Waals surface area contributed by atoms with Crippen LogP contribution >= 0.6 is 0 Å². The summed E-state index contributed by atoms with van der Waals surface area (Å²) >= 11 is 0. The van der Waals surface area contributed by atoms with Crippen LogP contribution in [0.25, 0.3) is 0 Å². The molecule has 10 nitrogen and oxygen atoms in total. The van der Waals surface area contributed by atoms with Gasteiger partial charge < -0.3 is 24.8 Å². The van der Waals surface area contributed by atoms with Crippen molar-refractivity contribution in [1.29, 1.82) is 0 Å². The number of hydrogen-bond acceptors (Lipinski definition) is 7. The van der Waals surface area contributed by atoms with Crippen LogP contribution < -0.4 is 5.32 Å². The Kier molecular flexibility index (Phi) is 10.2. The van der Waals surface area contributed by atoms with E-state index in [-0.39, 0.29) is 18.2 Å². The van der Waals surface area contributed by atoms with Crippen molar-refractivity contribution in [2.45, 2.75) is 38.0 Å². The molecule has 176 valence electrons. The summed E-state index contributed by atoms with van der Waals surface area (Å²) < 4.78 is 20.8. The fraction of sp³-hybridized carbons (Fsp3) is 0.524. The van der Waals surface area contributed by atoms with Crippen molar-refractivity contribution in [1.82, 2.24) is 25.0 Å². The van der Waals surface area contributed by atoms with Crippen LogP contribution in [0.3, 0.4) is 0 Å². The molecule has 11 heteroatoms. The van der Waals surface area contributed by atoms with Crippen molar-refractivity contribution >= 4 is 12.4 Å². The average Bonchev–Trinajstić information content (AvgIpc) is 3.23. The summed E-state index contributed by atoms with van der Waals surface area (Å²) in [5.74, 6) is 0.157. The minimum atomic E-state index is -1.39. The van der Waals surface area contributed by atoms with Gasteiger partial charge in [-0.15, -0.1) is 10.2 Å². The molecule has 1 fully saturated rings. The molecule has 0 saturated carbocycles. The highest BCUT2D eigenvalue weighted by Crippen LogP contribution is 2.24. The van der Waals surface area contributed by atoms with E-state index in [0.717, 1.165) is 5.82 Å². The Morgan fingerprint density at radius 1 is 1.34 bits per heavy atom. The Hall–Kier alpha value is -2.89. The highest BCUT2D eigenvalue weighted by molar-refractivity contribution is 5.85. The van der Waals surface area contributed by atoms with Gasteiger partial charge in [-0.2, -0.15) is 0 Å². The lowest BCUT2D eigenvalue weighted by atomic mass is 9.90. The normalized spacial score (nSPS) is 15.5. The number of methoxy groups -OCH3 is 1. The number of nitrogens with one attached hydrogen (secondary N) is 1. The number of aromatic nitrogens is 3. The van der Waals surface area contributed by atoms with Gasteiger partial charge >= 0.3 is 0 Å². The van der Waals surface area contributed by atoms with Gasteiger partial charge in [-0.25, -0.2) is 4.39 Å². The number of amides is 1. The van der Waals surface area contributed by atoms with Crippen molar-refractivity contribution in [3.05, 3.63) is 47.8 Å². The van der Waals surface area contributed by atoms with Crippen LogP contribution in [0.15, 0.2) is 30.6 Å². The zero-order valence-corrected chi connectivity index (χ0v) is 18.1. The van der Waals surface area contributed by atoms with Gasteiger partial charge in [0.25, 0.3) is 12.4 Å². The number of carboxylic acid groups (broad SMARTS) is 1. The van der Waals surface area contributed by atoms with E-state index in [1.807, 2.05) is 10.6 Å². The molecule has 0 spiro atoms. The lowest BCUT2D eigenvalue weighted by Gasteiger charge is -2.37. The van der Waals surface area contributed by atoms with Crippen molar-refractivity contribution < 1.29 is 28.9 Å². The van der Waals surface area contributed by atoms with Gasteiger partial charge in [-0.1, -0.05) is 18.2 Å². The number of nitrogens with zero attached hydrogens (tertiary/aromatic N) is 4. The molecule has 1 amide bonds. The molecule has 0 unspecified atom stereocenters. The minimum absolute atomic E-state index is 0.232. The van der Waals surface area contributed by atoms with Crippen molar-refractivity contribution in [3.63, 3.8) is 0 Å². The second kappa shape index (κ2) is 12.8. The van der Waals surface area contributed by atoms with E-state index in [0.29, 0.717) is 64.2 Å². The van der Waals surface area contributed by atoms with Gasteiger partial charge in [-0.05, 0) is 18.9 Å². The third-order valence-electron chi connectivity index (χ3n) is 5.32. The van der Waals surface area contributed by atoms with Crippen LogP contribution in [0.5, 0.6) is 0 Å². The van der Waals surface area contributed by atoms with E-state index in [4.69, 9.17) is 14.6 Å². The Balaban J connectivity index is 0.00000114. The number of halogens is 1. The summed E-state index contributed by atoms with van der Waals surface area (Å²) in [6, 6.07) is 6.67. The Morgan fingerprint density at radius 2 is 2.03 bits per heavy atom. The van der Waals surface area contributed by atoms with E-state index >= 15 is 0 Å². The van der Waals surface area contributed by atoms with Crippen LogP contribution in [0.2, 0.25) is 0 Å². The maximum atomic E-state index is 13.8. The standard InChI is InChI=1S/C20H28FN5O3.CH2O2/c1-29-13-12-26-15-23-24-18(26)6-9-22-19(27)20(28)7-10-25(11-8-20)14-16-4-2-3-5-17(16)21;2-1-3/h2-5,15,28H,6-14H2,1H3,(H,22,27);1H,(H,2,3). The topological polar surface area (TPSA) is 130 Å². The zero-order valence-electron chi connectivity index (χ0n) is 18.1. The summed E-state index contributed by atoms with van der Waals surface area (Å²) in [5, 5.41) is 28.4. The van der Waals surface area contributed by atoms with Gasteiger partial charge in [0.2, 0.25) is 0 Å². The number of ether oxygens (including phenoxy) is 1. The van der Waals surface area contributed by atoms with E-state index in [1.54, 1.807) is 25.6 Å². The SMILES string of the molecule is COCCn1cnnc1CCNC(=O)C1(O)CCN(Cc2ccccc2F)CC1.O=CO. The molecule has 32 heavy (non-hydrogen) atoms. The number of carbonyl (C=O) groups is 2. The molecular weight excluding hydrogens is 421 g/mol. The molecule has 1 aromatic carbocycles. The first-order valence-electron chi connectivity index (χ1n) is 10.3. The second-order valence-corrected chi connectivity index (χ2v) is 7.44. The van der Waals surface area contributed by atoms with Gasteiger partial charge in [0.05, 0.1) is 6.61 Å². The largest absolute Gasteiger partial charge is 0.483 e. The molecule has 0 aliphatic carbocycles. The lowest BCUT2D eigenvalue weighted by Crippen LogP contribution is -2.54. The van der Waals surface area contributed by atoms with E-state index in [2.05, 4.69) is 20.4 Å². The monoisotopic (exact) mass is 451 g/mol. The summed E-state index contributed by atoms with van der Waals surface area (Å²) in [7, 11) is 1.63. The Morgan fingerprint density at radius 3 is 2.69 bits per heavy atom. The Bertz CT molecular complexity index is 855. The second-order valence-electron chi connectivity index (χ2n) is 7.44. The third kappa shape index (κ3) is 7.36. The summed E-state index contributed by atoms with van der Waals surface area (Å²) in [6.45, 7) is 2.86. The number of piperidine rings is 1. The van der Waals surface area contributed by atoms with Crippen molar-refractivity contribution in [3.8, 4) is 0 Å². The van der Waals surface area contributed by atoms with Crippen molar-refractivity contribution in [2.75, 3.05) is 33.4 Å². The molecule has 1 aliphatic heterocycles. The fourth-order valence-electron chi connectivity index (χ4n) is 3.48. The lowest BCUT2D eigenvalue weighted by molar-refractivity contribution is -0.144. The number of aliphatic hydroxyl groups is 1. The van der Waals surface area contributed by atoms with E-state index in [1.165, 1.54) is 6.07 Å². The first-order chi connectivity index (χ1) is 15.4. The predicted octanol–water partition coefficient (Wildman–Crippen LogP) is 0.450. The first kappa shape index (κ1) is 25.4. The molecule has 1 aromatic heterocycles. The zero-order chi connectivity index (χ0) is 23.4. The number of hydrogen-bond donors (Lipinski definition) is 3. The molecule has 1 aliphatic rings. The molecule has 3 rings (SSSR count). The molecule has 0 atom stereocenters. The molecule has 3 N–H and O–H groups in total. The number of rotatable bonds is 9. The molecule has 1 saturated heterocycles. The molecular formula is C21H30FN5O5. The fourth-order valence-corrected chi connectivity index (χ4v) is 3.48. The highest BCUT2D eigenvalue weighted by Gasteiger charge is 2.39. The van der Waals surface area contributed by atoms with Crippen LogP contribution in [0, 0.1) is 5.82 Å². The average molecular weight is 451 g/mol. The summed E-state index contributed by atoms with van der Waals surface area (Å²) in [4.78, 5) is 22.9. The van der Waals surface area contributed by atoms with Crippen LogP contribution in [-0.2, 0) is 33.8 Å². The van der Waals surface area contributed by atoms with Gasteiger partial charge in [0.1, 0.15) is 23.6 Å². The maximum Gasteiger partial charge on any atom is 0.290 e. The van der Waals surface area contributed by atoms with Gasteiger partial charge in [-0.3, -0.25) is 14.5 Å². The van der Waals surface area contributed by atoms with Gasteiger partial charge in [0, 0.05) is 51.8 Å². The molecule has 2 aromatic rings. The van der Waals surface area contributed by atoms with Crippen LogP contribution in [0.4, 0.5) is 4.39 Å². The maximum absolute atomic E-state index is 13.8. The first-order valence-corrected chi connectivity index (χ1v) is 10.3.